The highest BCUT2D eigenvalue weighted by molar-refractivity contribution is 5.82. The molecule has 1 heterocycles. The monoisotopic (exact) mass is 198 g/mol. The molecule has 3 heteroatoms. The Morgan fingerprint density at radius 2 is 1.73 bits per heavy atom. The second-order valence-corrected chi connectivity index (χ2v) is 3.27. The smallest absolute Gasteiger partial charge is 0.170 e. The van der Waals surface area contributed by atoms with Crippen LogP contribution in [0.25, 0.3) is 11.3 Å². The Labute approximate surface area is 87.8 Å². The van der Waals surface area contributed by atoms with E-state index in [1.165, 1.54) is 11.8 Å². The van der Waals surface area contributed by atoms with Crippen molar-refractivity contribution in [2.75, 3.05) is 0 Å². The minimum Gasteiger partial charge on any atom is -0.296 e. The van der Waals surface area contributed by atoms with Gasteiger partial charge >= 0.3 is 0 Å². The van der Waals surface area contributed by atoms with E-state index >= 15 is 0 Å². The molecule has 3 nitrogen and oxygen atoms in total. The summed E-state index contributed by atoms with van der Waals surface area (Å²) >= 11 is 0. The largest absolute Gasteiger partial charge is 0.296 e. The van der Waals surface area contributed by atoms with Crippen molar-refractivity contribution in [3.8, 4) is 11.3 Å². The van der Waals surface area contributed by atoms with Crippen molar-refractivity contribution in [1.82, 2.24) is 9.97 Å². The molecule has 0 atom stereocenters. The molecule has 0 aliphatic carbocycles. The molecule has 0 saturated heterocycles. The highest BCUT2D eigenvalue weighted by atomic mass is 16.1. The summed E-state index contributed by atoms with van der Waals surface area (Å²) in [7, 11) is 0. The maximum atomic E-state index is 10.8. The molecule has 0 fully saturated rings. The number of rotatable bonds is 2. The fourth-order valence-corrected chi connectivity index (χ4v) is 1.37. The molecule has 0 bridgehead atoms. The van der Waals surface area contributed by atoms with Gasteiger partial charge in [0.25, 0.3) is 0 Å². The SMILES string of the molecule is Cc1ccc(-c2nccnc2C=O)cc1. The number of carbonyl (C=O) groups is 1. The molecule has 15 heavy (non-hydrogen) atoms. The number of aldehydes is 1. The second-order valence-electron chi connectivity index (χ2n) is 3.27. The predicted molar refractivity (Wildman–Crippen MR) is 57.6 cm³/mol. The maximum absolute atomic E-state index is 10.8. The summed E-state index contributed by atoms with van der Waals surface area (Å²) in [6, 6.07) is 7.84. The lowest BCUT2D eigenvalue weighted by atomic mass is 10.1. The normalized spacial score (nSPS) is 9.93. The number of benzene rings is 1. The van der Waals surface area contributed by atoms with Gasteiger partial charge in [-0.2, -0.15) is 0 Å². The molecule has 1 aromatic heterocycles. The third-order valence-corrected chi connectivity index (χ3v) is 2.16. The van der Waals surface area contributed by atoms with Crippen molar-refractivity contribution >= 4 is 6.29 Å². The first-order chi connectivity index (χ1) is 7.31. The maximum Gasteiger partial charge on any atom is 0.170 e. The van der Waals surface area contributed by atoms with Crippen LogP contribution in [0.4, 0.5) is 0 Å². The average molecular weight is 198 g/mol. The summed E-state index contributed by atoms with van der Waals surface area (Å²) in [5.74, 6) is 0. The van der Waals surface area contributed by atoms with E-state index in [0.29, 0.717) is 11.4 Å². The lowest BCUT2D eigenvalue weighted by Gasteiger charge is -2.02. The fourth-order valence-electron chi connectivity index (χ4n) is 1.37. The van der Waals surface area contributed by atoms with Crippen molar-refractivity contribution in [3.05, 3.63) is 47.9 Å². The Kier molecular flexibility index (Phi) is 2.54. The Bertz CT molecular complexity index is 477. The Balaban J connectivity index is 2.53. The molecule has 0 aliphatic rings. The molecular formula is C12H10N2O. The highest BCUT2D eigenvalue weighted by Crippen LogP contribution is 2.18. The molecule has 0 unspecified atom stereocenters. The molecule has 0 radical (unpaired) electrons. The standard InChI is InChI=1S/C12H10N2O/c1-9-2-4-10(5-3-9)12-11(8-15)13-6-7-14-12/h2-8H,1H3. The molecule has 1 aromatic carbocycles. The van der Waals surface area contributed by atoms with Crippen molar-refractivity contribution in [3.63, 3.8) is 0 Å². The minimum absolute atomic E-state index is 0.376. The Morgan fingerprint density at radius 3 is 2.40 bits per heavy atom. The Morgan fingerprint density at radius 1 is 1.07 bits per heavy atom. The van der Waals surface area contributed by atoms with Crippen molar-refractivity contribution in [1.29, 1.82) is 0 Å². The Hall–Kier alpha value is -2.03. The van der Waals surface area contributed by atoms with E-state index in [1.54, 1.807) is 6.20 Å². The summed E-state index contributed by atoms with van der Waals surface area (Å²) in [4.78, 5) is 18.9. The third-order valence-electron chi connectivity index (χ3n) is 2.16. The fraction of sp³-hybridized carbons (Fsp3) is 0.0833. The van der Waals surface area contributed by atoms with E-state index in [2.05, 4.69) is 9.97 Å². The number of aromatic nitrogens is 2. The summed E-state index contributed by atoms with van der Waals surface area (Å²) in [5, 5.41) is 0. The van der Waals surface area contributed by atoms with Crippen LogP contribution in [0.2, 0.25) is 0 Å². The van der Waals surface area contributed by atoms with Crippen LogP contribution in [0.15, 0.2) is 36.7 Å². The molecule has 2 aromatic rings. The molecule has 0 saturated carbocycles. The van der Waals surface area contributed by atoms with Gasteiger partial charge in [-0.15, -0.1) is 0 Å². The van der Waals surface area contributed by atoms with Gasteiger partial charge in [-0.05, 0) is 6.92 Å². The zero-order valence-corrected chi connectivity index (χ0v) is 8.34. The lowest BCUT2D eigenvalue weighted by Crippen LogP contribution is -1.94. The summed E-state index contributed by atoms with van der Waals surface area (Å²) in [6.07, 6.45) is 3.83. The van der Waals surface area contributed by atoms with Gasteiger partial charge in [-0.3, -0.25) is 9.78 Å². The summed E-state index contributed by atoms with van der Waals surface area (Å²) in [6.45, 7) is 2.01. The zero-order chi connectivity index (χ0) is 10.7. The summed E-state index contributed by atoms with van der Waals surface area (Å²) < 4.78 is 0. The molecule has 0 aliphatic heterocycles. The molecule has 0 spiro atoms. The van der Waals surface area contributed by atoms with Gasteiger partial charge < -0.3 is 0 Å². The quantitative estimate of drug-likeness (QED) is 0.695. The van der Waals surface area contributed by atoms with Crippen LogP contribution >= 0.6 is 0 Å². The molecule has 0 N–H and O–H groups in total. The van der Waals surface area contributed by atoms with Gasteiger partial charge in [0.1, 0.15) is 5.69 Å². The first-order valence-corrected chi connectivity index (χ1v) is 4.64. The first kappa shape index (κ1) is 9.52. The second kappa shape index (κ2) is 4.00. The van der Waals surface area contributed by atoms with E-state index in [9.17, 15) is 4.79 Å². The predicted octanol–water partition coefficient (Wildman–Crippen LogP) is 2.26. The van der Waals surface area contributed by atoms with Crippen LogP contribution in [0.3, 0.4) is 0 Å². The molecule has 74 valence electrons. The van der Waals surface area contributed by atoms with Crippen LogP contribution in [-0.4, -0.2) is 16.3 Å². The van der Waals surface area contributed by atoms with Crippen LogP contribution in [0.5, 0.6) is 0 Å². The van der Waals surface area contributed by atoms with Crippen molar-refractivity contribution in [2.24, 2.45) is 0 Å². The van der Waals surface area contributed by atoms with E-state index in [1.807, 2.05) is 31.2 Å². The van der Waals surface area contributed by atoms with Crippen LogP contribution in [0.1, 0.15) is 16.1 Å². The van der Waals surface area contributed by atoms with Crippen LogP contribution in [-0.2, 0) is 0 Å². The van der Waals surface area contributed by atoms with Gasteiger partial charge in [0.05, 0.1) is 5.69 Å². The average Bonchev–Trinajstić information content (AvgIpc) is 2.30. The third kappa shape index (κ3) is 1.91. The van der Waals surface area contributed by atoms with Crippen LogP contribution < -0.4 is 0 Å². The van der Waals surface area contributed by atoms with Gasteiger partial charge in [0.15, 0.2) is 6.29 Å². The van der Waals surface area contributed by atoms with Crippen molar-refractivity contribution < 1.29 is 4.79 Å². The van der Waals surface area contributed by atoms with E-state index < -0.39 is 0 Å². The van der Waals surface area contributed by atoms with Gasteiger partial charge in [-0.25, -0.2) is 4.98 Å². The molecule has 0 amide bonds. The molecular weight excluding hydrogens is 188 g/mol. The van der Waals surface area contributed by atoms with E-state index in [4.69, 9.17) is 0 Å². The topological polar surface area (TPSA) is 42.9 Å². The highest BCUT2D eigenvalue weighted by Gasteiger charge is 2.05. The lowest BCUT2D eigenvalue weighted by molar-refractivity contribution is 0.111. The number of hydrogen-bond acceptors (Lipinski definition) is 3. The number of nitrogens with zero attached hydrogens (tertiary/aromatic N) is 2. The number of hydrogen-bond donors (Lipinski definition) is 0. The van der Waals surface area contributed by atoms with Crippen molar-refractivity contribution in [2.45, 2.75) is 6.92 Å². The van der Waals surface area contributed by atoms with Crippen LogP contribution in [0, 0.1) is 6.92 Å². The first-order valence-electron chi connectivity index (χ1n) is 4.64. The molecule has 2 rings (SSSR count). The van der Waals surface area contributed by atoms with Gasteiger partial charge in [-0.1, -0.05) is 29.8 Å². The summed E-state index contributed by atoms with van der Waals surface area (Å²) in [5.41, 5.74) is 3.10. The van der Waals surface area contributed by atoms with E-state index in [-0.39, 0.29) is 0 Å². The number of carbonyl (C=O) groups excluding carboxylic acids is 1. The minimum atomic E-state index is 0.376. The van der Waals surface area contributed by atoms with Gasteiger partial charge in [0, 0.05) is 18.0 Å². The van der Waals surface area contributed by atoms with Gasteiger partial charge in [0.2, 0.25) is 0 Å². The number of aryl methyl sites for hydroxylation is 1. The zero-order valence-electron chi connectivity index (χ0n) is 8.34. The van der Waals surface area contributed by atoms with E-state index in [0.717, 1.165) is 11.8 Å².